The zero-order valence-electron chi connectivity index (χ0n) is 10.1. The van der Waals surface area contributed by atoms with Crippen LogP contribution in [0.25, 0.3) is 0 Å². The molecular weight excluding hydrogens is 240 g/mol. The predicted molar refractivity (Wildman–Crippen MR) is 70.2 cm³/mol. The summed E-state index contributed by atoms with van der Waals surface area (Å²) in [6, 6.07) is 5.34. The summed E-state index contributed by atoms with van der Waals surface area (Å²) in [5.74, 6) is 0.830. The van der Waals surface area contributed by atoms with Gasteiger partial charge < -0.3 is 15.8 Å². The van der Waals surface area contributed by atoms with Crippen molar-refractivity contribution in [2.24, 2.45) is 0 Å². The number of hydrogen-bond donors (Lipinski definition) is 2. The third-order valence-corrected chi connectivity index (χ3v) is 4.16. The maximum atomic E-state index is 11.3. The fourth-order valence-electron chi connectivity index (χ4n) is 1.36. The molecule has 0 atom stereocenters. The van der Waals surface area contributed by atoms with E-state index in [1.54, 1.807) is 25.1 Å². The minimum Gasteiger partial charge on any atom is -0.495 e. The first kappa shape index (κ1) is 13.6. The zero-order chi connectivity index (χ0) is 12.9. The molecule has 1 rings (SSSR count). The number of anilines is 2. The second-order valence-electron chi connectivity index (χ2n) is 3.58. The molecule has 0 fully saturated rings. The molecule has 5 nitrogen and oxygen atoms in total. The standard InChI is InChI=1S/C11H18N2O3S/c1-3-17(14,15)8-7-13-9-5-4-6-10(16-2)11(9)12/h4-6,13H,3,7-8,12H2,1-2H3. The van der Waals surface area contributed by atoms with Gasteiger partial charge in [-0.15, -0.1) is 0 Å². The SMILES string of the molecule is CCS(=O)(=O)CCNc1cccc(OC)c1N. The van der Waals surface area contributed by atoms with Crippen molar-refractivity contribution in [3.63, 3.8) is 0 Å². The van der Waals surface area contributed by atoms with Gasteiger partial charge in [0.1, 0.15) is 5.75 Å². The molecule has 0 saturated carbocycles. The summed E-state index contributed by atoms with van der Waals surface area (Å²) in [6.45, 7) is 1.97. The Hall–Kier alpha value is -1.43. The van der Waals surface area contributed by atoms with E-state index in [4.69, 9.17) is 10.5 Å². The van der Waals surface area contributed by atoms with Gasteiger partial charge in [-0.1, -0.05) is 13.0 Å². The average molecular weight is 258 g/mol. The molecule has 0 aromatic heterocycles. The fraction of sp³-hybridized carbons (Fsp3) is 0.455. The molecule has 6 heteroatoms. The van der Waals surface area contributed by atoms with Crippen LogP contribution in [0.1, 0.15) is 6.92 Å². The van der Waals surface area contributed by atoms with E-state index in [1.807, 2.05) is 0 Å². The summed E-state index contributed by atoms with van der Waals surface area (Å²) < 4.78 is 27.7. The molecule has 1 aromatic rings. The van der Waals surface area contributed by atoms with Crippen molar-refractivity contribution in [2.45, 2.75) is 6.92 Å². The Morgan fingerprint density at radius 2 is 2.12 bits per heavy atom. The number of methoxy groups -OCH3 is 1. The van der Waals surface area contributed by atoms with E-state index in [-0.39, 0.29) is 11.5 Å². The number of rotatable bonds is 6. The first-order valence-electron chi connectivity index (χ1n) is 5.37. The first-order valence-corrected chi connectivity index (χ1v) is 7.19. The van der Waals surface area contributed by atoms with Crippen molar-refractivity contribution >= 4 is 21.2 Å². The summed E-state index contributed by atoms with van der Waals surface area (Å²) in [5.41, 5.74) is 7.02. The fourth-order valence-corrected chi connectivity index (χ4v) is 2.06. The van der Waals surface area contributed by atoms with Gasteiger partial charge in [-0.25, -0.2) is 8.42 Å². The highest BCUT2D eigenvalue weighted by molar-refractivity contribution is 7.91. The molecule has 0 saturated heterocycles. The molecule has 0 bridgehead atoms. The van der Waals surface area contributed by atoms with E-state index in [2.05, 4.69) is 5.32 Å². The van der Waals surface area contributed by atoms with E-state index in [0.29, 0.717) is 23.7 Å². The Morgan fingerprint density at radius 1 is 1.41 bits per heavy atom. The number of benzene rings is 1. The van der Waals surface area contributed by atoms with Crippen LogP contribution < -0.4 is 15.8 Å². The topological polar surface area (TPSA) is 81.4 Å². The van der Waals surface area contributed by atoms with Gasteiger partial charge in [-0.05, 0) is 12.1 Å². The lowest BCUT2D eigenvalue weighted by Crippen LogP contribution is -2.17. The average Bonchev–Trinajstić information content (AvgIpc) is 2.31. The number of hydrogen-bond acceptors (Lipinski definition) is 5. The van der Waals surface area contributed by atoms with E-state index in [9.17, 15) is 8.42 Å². The second kappa shape index (κ2) is 5.77. The number of para-hydroxylation sites is 1. The Balaban J connectivity index is 2.64. The molecule has 1 aromatic carbocycles. The lowest BCUT2D eigenvalue weighted by atomic mass is 10.2. The van der Waals surface area contributed by atoms with Crippen molar-refractivity contribution in [2.75, 3.05) is 36.2 Å². The van der Waals surface area contributed by atoms with E-state index < -0.39 is 9.84 Å². The molecule has 17 heavy (non-hydrogen) atoms. The van der Waals surface area contributed by atoms with E-state index >= 15 is 0 Å². The van der Waals surface area contributed by atoms with E-state index in [0.717, 1.165) is 0 Å². The van der Waals surface area contributed by atoms with Gasteiger partial charge in [0, 0.05) is 12.3 Å². The maximum absolute atomic E-state index is 11.3. The van der Waals surface area contributed by atoms with Crippen LogP contribution in [0, 0.1) is 0 Å². The van der Waals surface area contributed by atoms with Gasteiger partial charge in [0.05, 0.1) is 24.2 Å². The maximum Gasteiger partial charge on any atom is 0.151 e. The summed E-state index contributed by atoms with van der Waals surface area (Å²) >= 11 is 0. The number of nitrogens with two attached hydrogens (primary N) is 1. The van der Waals surface area contributed by atoms with Crippen molar-refractivity contribution in [3.05, 3.63) is 18.2 Å². The molecule has 0 unspecified atom stereocenters. The lowest BCUT2D eigenvalue weighted by Gasteiger charge is -2.11. The molecule has 0 aliphatic heterocycles. The highest BCUT2D eigenvalue weighted by Gasteiger charge is 2.08. The van der Waals surface area contributed by atoms with Gasteiger partial charge in [0.15, 0.2) is 9.84 Å². The Kier molecular flexibility index (Phi) is 4.62. The van der Waals surface area contributed by atoms with Crippen LogP contribution in [-0.2, 0) is 9.84 Å². The Bertz CT molecular complexity index is 472. The smallest absolute Gasteiger partial charge is 0.151 e. The van der Waals surface area contributed by atoms with Gasteiger partial charge >= 0.3 is 0 Å². The molecule has 3 N–H and O–H groups in total. The molecule has 0 spiro atoms. The highest BCUT2D eigenvalue weighted by Crippen LogP contribution is 2.28. The molecule has 0 radical (unpaired) electrons. The van der Waals surface area contributed by atoms with Crippen LogP contribution >= 0.6 is 0 Å². The van der Waals surface area contributed by atoms with Gasteiger partial charge in [-0.2, -0.15) is 0 Å². The van der Waals surface area contributed by atoms with Crippen molar-refractivity contribution in [1.82, 2.24) is 0 Å². The van der Waals surface area contributed by atoms with E-state index in [1.165, 1.54) is 7.11 Å². The molecule has 0 aliphatic carbocycles. The van der Waals surface area contributed by atoms with Crippen LogP contribution in [0.3, 0.4) is 0 Å². The highest BCUT2D eigenvalue weighted by atomic mass is 32.2. The minimum atomic E-state index is -2.95. The number of nitrogens with one attached hydrogen (secondary N) is 1. The lowest BCUT2D eigenvalue weighted by molar-refractivity contribution is 0.417. The molecule has 0 heterocycles. The van der Waals surface area contributed by atoms with Crippen molar-refractivity contribution in [1.29, 1.82) is 0 Å². The summed E-state index contributed by atoms with van der Waals surface area (Å²) in [7, 11) is -1.41. The van der Waals surface area contributed by atoms with Crippen molar-refractivity contribution in [3.8, 4) is 5.75 Å². The minimum absolute atomic E-state index is 0.0974. The first-order chi connectivity index (χ1) is 8.00. The van der Waals surface area contributed by atoms with Crippen molar-refractivity contribution < 1.29 is 13.2 Å². The van der Waals surface area contributed by atoms with Crippen LogP contribution in [0.4, 0.5) is 11.4 Å². The Labute approximate surface area is 102 Å². The van der Waals surface area contributed by atoms with Crippen LogP contribution in [0.15, 0.2) is 18.2 Å². The second-order valence-corrected chi connectivity index (χ2v) is 6.06. The number of sulfone groups is 1. The number of ether oxygens (including phenoxy) is 1. The monoisotopic (exact) mass is 258 g/mol. The Morgan fingerprint density at radius 3 is 2.71 bits per heavy atom. The quantitative estimate of drug-likeness (QED) is 0.747. The number of nitrogen functional groups attached to an aromatic ring is 1. The summed E-state index contributed by atoms with van der Waals surface area (Å²) in [4.78, 5) is 0. The van der Waals surface area contributed by atoms with Gasteiger partial charge in [0.2, 0.25) is 0 Å². The molecule has 96 valence electrons. The van der Waals surface area contributed by atoms with Crippen LogP contribution in [0.2, 0.25) is 0 Å². The largest absolute Gasteiger partial charge is 0.495 e. The van der Waals surface area contributed by atoms with Crippen LogP contribution in [0.5, 0.6) is 5.75 Å². The molecular formula is C11H18N2O3S. The molecule has 0 aliphatic rings. The van der Waals surface area contributed by atoms with Gasteiger partial charge in [0.25, 0.3) is 0 Å². The predicted octanol–water partition coefficient (Wildman–Crippen LogP) is 1.12. The normalized spacial score (nSPS) is 11.2. The zero-order valence-corrected chi connectivity index (χ0v) is 10.9. The van der Waals surface area contributed by atoms with Gasteiger partial charge in [-0.3, -0.25) is 0 Å². The van der Waals surface area contributed by atoms with Crippen LogP contribution in [-0.4, -0.2) is 33.6 Å². The third-order valence-electron chi connectivity index (χ3n) is 2.45. The molecule has 0 amide bonds. The summed E-state index contributed by atoms with van der Waals surface area (Å²) in [6.07, 6.45) is 0. The summed E-state index contributed by atoms with van der Waals surface area (Å²) in [5, 5.41) is 2.99. The third kappa shape index (κ3) is 3.81.